The summed E-state index contributed by atoms with van der Waals surface area (Å²) < 4.78 is 0. The fourth-order valence-electron chi connectivity index (χ4n) is 4.55. The monoisotopic (exact) mass is 405 g/mol. The molecule has 30 heavy (non-hydrogen) atoms. The van der Waals surface area contributed by atoms with Gasteiger partial charge >= 0.3 is 0 Å². The Hall–Kier alpha value is -2.57. The summed E-state index contributed by atoms with van der Waals surface area (Å²) in [5.74, 6) is -0.000477. The minimum absolute atomic E-state index is 0.000477. The van der Waals surface area contributed by atoms with Crippen LogP contribution in [-0.2, 0) is 24.2 Å². The number of rotatable bonds is 7. The average molecular weight is 406 g/mol. The Kier molecular flexibility index (Phi) is 6.87. The molecule has 2 aliphatic rings. The predicted octanol–water partition coefficient (Wildman–Crippen LogP) is 2.56. The molecule has 4 rings (SSSR count). The van der Waals surface area contributed by atoms with Gasteiger partial charge in [0.25, 0.3) is 0 Å². The van der Waals surface area contributed by atoms with Gasteiger partial charge in [0.1, 0.15) is 0 Å². The average Bonchev–Trinajstić information content (AvgIpc) is 2.77. The fraction of sp³-hybridized carbons (Fsp3) is 0.458. The maximum atomic E-state index is 11.1. The molecule has 6 nitrogen and oxygen atoms in total. The highest BCUT2D eigenvalue weighted by atomic mass is 16.1. The van der Waals surface area contributed by atoms with Crippen molar-refractivity contribution >= 4 is 5.91 Å². The number of nitrogens with zero attached hydrogens (tertiary/aromatic N) is 3. The second-order valence-electron chi connectivity index (χ2n) is 8.21. The van der Waals surface area contributed by atoms with E-state index in [-0.39, 0.29) is 5.91 Å². The highest BCUT2D eigenvalue weighted by Crippen LogP contribution is 2.33. The van der Waals surface area contributed by atoms with E-state index >= 15 is 0 Å². The van der Waals surface area contributed by atoms with Gasteiger partial charge in [0.2, 0.25) is 5.91 Å². The Bertz CT molecular complexity index is 897. The minimum atomic E-state index is -0.000477. The van der Waals surface area contributed by atoms with Gasteiger partial charge in [-0.25, -0.2) is 0 Å². The summed E-state index contributed by atoms with van der Waals surface area (Å²) in [6, 6.07) is 9.13. The third-order valence-electron chi connectivity index (χ3n) is 6.04. The highest BCUT2D eigenvalue weighted by molar-refractivity contribution is 5.72. The van der Waals surface area contributed by atoms with E-state index in [0.717, 1.165) is 38.9 Å². The normalized spacial score (nSPS) is 20.7. The topological polar surface area (TPSA) is 70.2 Å². The Morgan fingerprint density at radius 3 is 2.93 bits per heavy atom. The van der Waals surface area contributed by atoms with Crippen molar-refractivity contribution in [3.05, 3.63) is 71.3 Å². The van der Waals surface area contributed by atoms with Crippen molar-refractivity contribution in [3.63, 3.8) is 0 Å². The molecule has 0 aromatic carbocycles. The number of pyridine rings is 2. The highest BCUT2D eigenvalue weighted by Gasteiger charge is 2.29. The molecule has 6 heteroatoms. The van der Waals surface area contributed by atoms with Gasteiger partial charge in [-0.1, -0.05) is 24.3 Å². The molecule has 0 saturated heterocycles. The van der Waals surface area contributed by atoms with E-state index < -0.39 is 0 Å². The summed E-state index contributed by atoms with van der Waals surface area (Å²) in [5.41, 5.74) is 5.13. The number of fused-ring (bicyclic) bond motifs is 2. The molecule has 2 aromatic heterocycles. The van der Waals surface area contributed by atoms with E-state index in [0.29, 0.717) is 18.6 Å². The second-order valence-corrected chi connectivity index (χ2v) is 8.21. The van der Waals surface area contributed by atoms with E-state index in [9.17, 15) is 4.79 Å². The third-order valence-corrected chi connectivity index (χ3v) is 6.04. The number of hydrogen-bond acceptors (Lipinski definition) is 5. The first-order chi connectivity index (χ1) is 14.7. The molecule has 2 aromatic rings. The number of aromatic nitrogens is 2. The molecule has 0 bridgehead atoms. The maximum absolute atomic E-state index is 11.1. The van der Waals surface area contributed by atoms with Gasteiger partial charge in [-0.2, -0.15) is 0 Å². The zero-order valence-corrected chi connectivity index (χ0v) is 17.7. The summed E-state index contributed by atoms with van der Waals surface area (Å²) in [6.45, 7) is 4.78. The molecular weight excluding hydrogens is 374 g/mol. The van der Waals surface area contributed by atoms with Crippen molar-refractivity contribution in [2.24, 2.45) is 0 Å². The third kappa shape index (κ3) is 5.12. The largest absolute Gasteiger partial charge is 0.353 e. The van der Waals surface area contributed by atoms with E-state index in [1.807, 2.05) is 30.6 Å². The van der Waals surface area contributed by atoms with Crippen LogP contribution >= 0.6 is 0 Å². The van der Waals surface area contributed by atoms with Crippen LogP contribution in [0.1, 0.15) is 48.3 Å². The Labute approximate surface area is 178 Å². The van der Waals surface area contributed by atoms with Crippen LogP contribution in [0.2, 0.25) is 0 Å². The van der Waals surface area contributed by atoms with Crippen molar-refractivity contribution in [1.82, 2.24) is 25.5 Å². The van der Waals surface area contributed by atoms with Crippen molar-refractivity contribution in [1.29, 1.82) is 0 Å². The van der Waals surface area contributed by atoms with Crippen molar-refractivity contribution in [2.75, 3.05) is 19.6 Å². The van der Waals surface area contributed by atoms with Crippen LogP contribution in [0.25, 0.3) is 0 Å². The number of hydrogen-bond donors (Lipinski definition) is 2. The first kappa shape index (κ1) is 20.7. The molecule has 3 heterocycles. The van der Waals surface area contributed by atoms with Gasteiger partial charge in [-0.15, -0.1) is 0 Å². The van der Waals surface area contributed by atoms with E-state index in [1.54, 1.807) is 6.92 Å². The molecule has 1 aliphatic carbocycles. The Morgan fingerprint density at radius 2 is 2.07 bits per heavy atom. The van der Waals surface area contributed by atoms with Gasteiger partial charge in [-0.3, -0.25) is 19.7 Å². The van der Waals surface area contributed by atoms with Crippen molar-refractivity contribution < 1.29 is 4.79 Å². The molecule has 2 N–H and O–H groups in total. The van der Waals surface area contributed by atoms with Crippen LogP contribution in [0.4, 0.5) is 0 Å². The fourth-order valence-corrected chi connectivity index (χ4v) is 4.55. The minimum Gasteiger partial charge on any atom is -0.353 e. The molecule has 0 fully saturated rings. The molecule has 2 atom stereocenters. The summed E-state index contributed by atoms with van der Waals surface area (Å²) in [4.78, 5) is 23.0. The van der Waals surface area contributed by atoms with Crippen LogP contribution in [0.3, 0.4) is 0 Å². The van der Waals surface area contributed by atoms with Crippen molar-refractivity contribution in [2.45, 2.75) is 51.2 Å². The first-order valence-corrected chi connectivity index (χ1v) is 10.9. The number of aryl methyl sites for hydroxylation is 1. The summed E-state index contributed by atoms with van der Waals surface area (Å²) >= 11 is 0. The molecule has 0 unspecified atom stereocenters. The van der Waals surface area contributed by atoms with Gasteiger partial charge in [-0.05, 0) is 42.5 Å². The molecule has 0 radical (unpaired) electrons. The summed E-state index contributed by atoms with van der Waals surface area (Å²) in [7, 11) is 0. The van der Waals surface area contributed by atoms with E-state index in [4.69, 9.17) is 4.98 Å². The molecule has 0 saturated carbocycles. The molecular formula is C24H31N5O. The second kappa shape index (κ2) is 9.96. The molecule has 0 spiro atoms. The first-order valence-electron chi connectivity index (χ1n) is 10.9. The van der Waals surface area contributed by atoms with Crippen molar-refractivity contribution in [3.8, 4) is 0 Å². The smallest absolute Gasteiger partial charge is 0.217 e. The standard InChI is InChI=1S/C24H31N5O/c1-18(30)25-11-2-3-14-29(23-10-4-7-19-8-5-13-27-24(19)23)17-21-15-22-20(16-28-21)9-6-12-26-22/h2-3,5-6,8-9,12-13,21,23,28H,4,7,10-11,14-17H2,1H3,(H,25,30)/b3-2+/t21-,23-/m0/s1. The molecule has 158 valence electrons. The van der Waals surface area contributed by atoms with E-state index in [2.05, 4.69) is 38.7 Å². The quantitative estimate of drug-likeness (QED) is 0.693. The zero-order valence-electron chi connectivity index (χ0n) is 17.7. The molecule has 1 amide bonds. The maximum Gasteiger partial charge on any atom is 0.217 e. The van der Waals surface area contributed by atoms with Gasteiger partial charge in [0, 0.05) is 63.7 Å². The lowest BCUT2D eigenvalue weighted by molar-refractivity contribution is -0.118. The lowest BCUT2D eigenvalue weighted by Gasteiger charge is -2.37. The summed E-state index contributed by atoms with van der Waals surface area (Å²) in [5, 5.41) is 6.53. The van der Waals surface area contributed by atoms with Gasteiger partial charge < -0.3 is 10.6 Å². The molecule has 1 aliphatic heterocycles. The lowest BCUT2D eigenvalue weighted by atomic mass is 9.90. The SMILES string of the molecule is CC(=O)NC/C=C/CN(C[C@@H]1Cc2ncccc2CN1)[C@H]1CCCc2cccnc21. The lowest BCUT2D eigenvalue weighted by Crippen LogP contribution is -2.46. The van der Waals surface area contributed by atoms with Gasteiger partial charge in [0.15, 0.2) is 0 Å². The number of nitrogens with one attached hydrogen (secondary N) is 2. The van der Waals surface area contributed by atoms with Crippen LogP contribution < -0.4 is 10.6 Å². The van der Waals surface area contributed by atoms with E-state index in [1.165, 1.54) is 28.9 Å². The van der Waals surface area contributed by atoms with Crippen LogP contribution in [0.5, 0.6) is 0 Å². The summed E-state index contributed by atoms with van der Waals surface area (Å²) in [6.07, 6.45) is 12.4. The predicted molar refractivity (Wildman–Crippen MR) is 118 cm³/mol. The number of amides is 1. The van der Waals surface area contributed by atoms with Crippen LogP contribution in [0, 0.1) is 0 Å². The number of carbonyl (C=O) groups excluding carboxylic acids is 1. The van der Waals surface area contributed by atoms with Gasteiger partial charge in [0.05, 0.1) is 11.7 Å². The zero-order chi connectivity index (χ0) is 20.8. The Morgan fingerprint density at radius 1 is 1.23 bits per heavy atom. The van der Waals surface area contributed by atoms with Crippen LogP contribution in [0.15, 0.2) is 48.8 Å². The number of carbonyl (C=O) groups is 1. The Balaban J connectivity index is 1.49. The van der Waals surface area contributed by atoms with Crippen LogP contribution in [-0.4, -0.2) is 46.5 Å².